The van der Waals surface area contributed by atoms with Crippen LogP contribution in [0.2, 0.25) is 0 Å². The van der Waals surface area contributed by atoms with Gasteiger partial charge in [0.05, 0.1) is 12.2 Å². The SMILES string of the molecule is Cc1cc(C(=O)N(Cc2cccc3c2OCO3)C(C)CCc2ccccc2)n(C)n1. The molecule has 1 aromatic heterocycles. The average molecular weight is 405 g/mol. The number of fused-ring (bicyclic) bond motifs is 1. The predicted molar refractivity (Wildman–Crippen MR) is 115 cm³/mol. The largest absolute Gasteiger partial charge is 0.454 e. The van der Waals surface area contributed by atoms with Gasteiger partial charge in [-0.2, -0.15) is 5.10 Å². The number of ether oxygens (including phenoxy) is 2. The van der Waals surface area contributed by atoms with Crippen LogP contribution in [0.15, 0.2) is 54.6 Å². The van der Waals surface area contributed by atoms with E-state index in [1.807, 2.05) is 61.3 Å². The number of rotatable bonds is 7. The summed E-state index contributed by atoms with van der Waals surface area (Å²) < 4.78 is 12.8. The summed E-state index contributed by atoms with van der Waals surface area (Å²) in [6.45, 7) is 4.66. The fourth-order valence-corrected chi connectivity index (χ4v) is 3.86. The molecule has 0 N–H and O–H groups in total. The fourth-order valence-electron chi connectivity index (χ4n) is 3.86. The Labute approximate surface area is 177 Å². The molecule has 1 aliphatic heterocycles. The van der Waals surface area contributed by atoms with Crippen LogP contribution in [-0.4, -0.2) is 33.4 Å². The predicted octanol–water partition coefficient (Wildman–Crippen LogP) is 4.12. The van der Waals surface area contributed by atoms with Crippen LogP contribution in [0, 0.1) is 6.92 Å². The van der Waals surface area contributed by atoms with Crippen molar-refractivity contribution in [1.29, 1.82) is 0 Å². The van der Waals surface area contributed by atoms with Crippen LogP contribution >= 0.6 is 0 Å². The van der Waals surface area contributed by atoms with Gasteiger partial charge < -0.3 is 14.4 Å². The molecule has 6 heteroatoms. The molecule has 156 valence electrons. The lowest BCUT2D eigenvalue weighted by atomic mass is 10.0. The highest BCUT2D eigenvalue weighted by molar-refractivity contribution is 5.93. The molecule has 3 aromatic rings. The standard InChI is InChI=1S/C24H27N3O3/c1-17-14-21(26(3)25-17)24(28)27(18(2)12-13-19-8-5-4-6-9-19)15-20-10-7-11-22-23(20)30-16-29-22/h4-11,14,18H,12-13,15-16H2,1-3H3. The van der Waals surface area contributed by atoms with E-state index in [0.717, 1.165) is 35.6 Å². The van der Waals surface area contributed by atoms with Gasteiger partial charge >= 0.3 is 0 Å². The van der Waals surface area contributed by atoms with E-state index in [4.69, 9.17) is 9.47 Å². The van der Waals surface area contributed by atoms with Crippen LogP contribution in [0.5, 0.6) is 11.5 Å². The number of aryl methyl sites for hydroxylation is 3. The third-order valence-corrected chi connectivity index (χ3v) is 5.53. The van der Waals surface area contributed by atoms with Crippen molar-refractivity contribution in [3.05, 3.63) is 77.1 Å². The van der Waals surface area contributed by atoms with E-state index < -0.39 is 0 Å². The second kappa shape index (κ2) is 8.61. The Morgan fingerprint density at radius 2 is 1.97 bits per heavy atom. The maximum atomic E-state index is 13.5. The van der Waals surface area contributed by atoms with Crippen LogP contribution < -0.4 is 9.47 Å². The van der Waals surface area contributed by atoms with E-state index in [1.54, 1.807) is 4.68 Å². The molecule has 4 rings (SSSR count). The first-order valence-corrected chi connectivity index (χ1v) is 10.3. The van der Waals surface area contributed by atoms with Crippen LogP contribution in [0.4, 0.5) is 0 Å². The molecule has 6 nitrogen and oxygen atoms in total. The Balaban J connectivity index is 1.60. The Hall–Kier alpha value is -3.28. The smallest absolute Gasteiger partial charge is 0.272 e. The molecule has 2 aromatic carbocycles. The maximum Gasteiger partial charge on any atom is 0.272 e. The van der Waals surface area contributed by atoms with Crippen molar-refractivity contribution in [2.24, 2.45) is 7.05 Å². The van der Waals surface area contributed by atoms with Crippen LogP contribution in [0.3, 0.4) is 0 Å². The van der Waals surface area contributed by atoms with Gasteiger partial charge in [-0.05, 0) is 44.4 Å². The Bertz CT molecular complexity index is 1030. The molecular formula is C24H27N3O3. The van der Waals surface area contributed by atoms with Gasteiger partial charge in [0.25, 0.3) is 5.91 Å². The zero-order valence-corrected chi connectivity index (χ0v) is 17.7. The first-order valence-electron chi connectivity index (χ1n) is 10.3. The molecule has 1 atom stereocenters. The molecule has 0 saturated carbocycles. The van der Waals surface area contributed by atoms with Crippen molar-refractivity contribution in [3.63, 3.8) is 0 Å². The summed E-state index contributed by atoms with van der Waals surface area (Å²) in [5, 5.41) is 4.36. The van der Waals surface area contributed by atoms with Gasteiger partial charge in [-0.25, -0.2) is 0 Å². The van der Waals surface area contributed by atoms with E-state index in [-0.39, 0.29) is 18.7 Å². The number of nitrogens with zero attached hydrogens (tertiary/aromatic N) is 3. The van der Waals surface area contributed by atoms with E-state index in [9.17, 15) is 4.79 Å². The fraction of sp³-hybridized carbons (Fsp3) is 0.333. The van der Waals surface area contributed by atoms with Gasteiger partial charge in [0.2, 0.25) is 6.79 Å². The van der Waals surface area contributed by atoms with Gasteiger partial charge in [-0.15, -0.1) is 0 Å². The molecule has 1 aliphatic rings. The quantitative estimate of drug-likeness (QED) is 0.593. The third kappa shape index (κ3) is 4.17. The number of benzene rings is 2. The molecular weight excluding hydrogens is 378 g/mol. The summed E-state index contributed by atoms with van der Waals surface area (Å²) in [5.41, 5.74) is 3.63. The number of para-hydroxylation sites is 1. The highest BCUT2D eigenvalue weighted by Crippen LogP contribution is 2.36. The van der Waals surface area contributed by atoms with Crippen molar-refractivity contribution >= 4 is 5.91 Å². The summed E-state index contributed by atoms with van der Waals surface area (Å²) >= 11 is 0. The highest BCUT2D eigenvalue weighted by atomic mass is 16.7. The topological polar surface area (TPSA) is 56.6 Å². The Morgan fingerprint density at radius 1 is 1.17 bits per heavy atom. The zero-order valence-electron chi connectivity index (χ0n) is 17.7. The Morgan fingerprint density at radius 3 is 2.70 bits per heavy atom. The van der Waals surface area contributed by atoms with Gasteiger partial charge in [-0.1, -0.05) is 42.5 Å². The molecule has 0 fully saturated rings. The van der Waals surface area contributed by atoms with Gasteiger partial charge in [0.15, 0.2) is 11.5 Å². The lowest BCUT2D eigenvalue weighted by Crippen LogP contribution is -2.39. The van der Waals surface area contributed by atoms with Gasteiger partial charge in [0, 0.05) is 18.7 Å². The van der Waals surface area contributed by atoms with Crippen LogP contribution in [0.25, 0.3) is 0 Å². The second-order valence-electron chi connectivity index (χ2n) is 7.75. The van der Waals surface area contributed by atoms with E-state index in [1.165, 1.54) is 5.56 Å². The molecule has 0 radical (unpaired) electrons. The minimum absolute atomic E-state index is 0.0322. The molecule has 0 aliphatic carbocycles. The number of hydrogen-bond donors (Lipinski definition) is 0. The van der Waals surface area contributed by atoms with Crippen molar-refractivity contribution in [2.75, 3.05) is 6.79 Å². The number of hydrogen-bond acceptors (Lipinski definition) is 4. The summed E-state index contributed by atoms with van der Waals surface area (Å²) in [6, 6.07) is 18.1. The summed E-state index contributed by atoms with van der Waals surface area (Å²) in [4.78, 5) is 15.4. The third-order valence-electron chi connectivity index (χ3n) is 5.53. The second-order valence-corrected chi connectivity index (χ2v) is 7.75. The van der Waals surface area contributed by atoms with E-state index in [2.05, 4.69) is 24.2 Å². The monoisotopic (exact) mass is 405 g/mol. The summed E-state index contributed by atoms with van der Waals surface area (Å²) in [7, 11) is 1.81. The van der Waals surface area contributed by atoms with Crippen LogP contribution in [0.1, 0.15) is 40.7 Å². The molecule has 0 saturated heterocycles. The summed E-state index contributed by atoms with van der Waals surface area (Å²) in [5.74, 6) is 1.43. The lowest BCUT2D eigenvalue weighted by molar-refractivity contribution is 0.0654. The van der Waals surface area contributed by atoms with Crippen molar-refractivity contribution in [2.45, 2.75) is 39.3 Å². The van der Waals surface area contributed by atoms with Gasteiger partial charge in [-0.3, -0.25) is 9.48 Å². The molecule has 1 amide bonds. The highest BCUT2D eigenvalue weighted by Gasteiger charge is 2.27. The van der Waals surface area contributed by atoms with E-state index in [0.29, 0.717) is 12.2 Å². The lowest BCUT2D eigenvalue weighted by Gasteiger charge is -2.30. The summed E-state index contributed by atoms with van der Waals surface area (Å²) in [6.07, 6.45) is 1.77. The van der Waals surface area contributed by atoms with Gasteiger partial charge in [0.1, 0.15) is 5.69 Å². The van der Waals surface area contributed by atoms with Crippen molar-refractivity contribution in [3.8, 4) is 11.5 Å². The average Bonchev–Trinajstić information content (AvgIpc) is 3.36. The molecule has 0 spiro atoms. The number of aromatic nitrogens is 2. The van der Waals surface area contributed by atoms with Crippen molar-refractivity contribution in [1.82, 2.24) is 14.7 Å². The maximum absolute atomic E-state index is 13.5. The van der Waals surface area contributed by atoms with E-state index >= 15 is 0 Å². The Kier molecular flexibility index (Phi) is 5.74. The minimum Gasteiger partial charge on any atom is -0.454 e. The first kappa shape index (κ1) is 20.0. The molecule has 0 bridgehead atoms. The number of carbonyl (C=O) groups excluding carboxylic acids is 1. The molecule has 30 heavy (non-hydrogen) atoms. The minimum atomic E-state index is -0.0322. The molecule has 2 heterocycles. The normalized spacial score (nSPS) is 13.3. The molecule has 1 unspecified atom stereocenters. The van der Waals surface area contributed by atoms with Crippen LogP contribution in [-0.2, 0) is 20.0 Å². The number of carbonyl (C=O) groups is 1. The zero-order chi connectivity index (χ0) is 21.1. The number of amides is 1. The van der Waals surface area contributed by atoms with Crippen molar-refractivity contribution < 1.29 is 14.3 Å². The first-order chi connectivity index (χ1) is 14.5.